The van der Waals surface area contributed by atoms with Crippen LogP contribution in [0.5, 0.6) is 0 Å². The fraction of sp³-hybridized carbons (Fsp3) is 0.300. The van der Waals surface area contributed by atoms with Gasteiger partial charge < -0.3 is 5.32 Å². The van der Waals surface area contributed by atoms with Crippen molar-refractivity contribution in [3.63, 3.8) is 0 Å². The van der Waals surface area contributed by atoms with E-state index in [0.29, 0.717) is 0 Å². The van der Waals surface area contributed by atoms with Crippen LogP contribution in [0.2, 0.25) is 10.0 Å². The van der Waals surface area contributed by atoms with Crippen molar-refractivity contribution in [2.45, 2.75) is 5.51 Å². The van der Waals surface area contributed by atoms with E-state index in [-0.39, 0.29) is 33.9 Å². The van der Waals surface area contributed by atoms with Gasteiger partial charge >= 0.3 is 5.51 Å². The zero-order valence-electron chi connectivity index (χ0n) is 10.0. The molecule has 5 nitrogen and oxygen atoms in total. The maximum Gasteiger partial charge on any atom is 0.441 e. The summed E-state index contributed by atoms with van der Waals surface area (Å²) in [7, 11) is 0. The minimum absolute atomic E-state index is 0.194. The van der Waals surface area contributed by atoms with Gasteiger partial charge in [0.25, 0.3) is 11.6 Å². The molecule has 0 saturated carbocycles. The molecule has 116 valence electrons. The topological polar surface area (TPSA) is 72.2 Å². The lowest BCUT2D eigenvalue weighted by atomic mass is 10.2. The van der Waals surface area contributed by atoms with Crippen LogP contribution < -0.4 is 5.32 Å². The molecule has 21 heavy (non-hydrogen) atoms. The third-order valence-corrected chi connectivity index (χ3v) is 3.66. The SMILES string of the molecule is O=C(NCCSC(F)(F)F)c1cc([N+](=O)[O-])cc(Cl)c1Cl. The first kappa shape index (κ1) is 17.9. The van der Waals surface area contributed by atoms with Crippen LogP contribution >= 0.6 is 35.0 Å². The number of hydrogen-bond acceptors (Lipinski definition) is 4. The normalized spacial score (nSPS) is 11.3. The molecule has 0 spiro atoms. The number of benzene rings is 1. The number of carbonyl (C=O) groups excluding carboxylic acids is 1. The molecular formula is C10H7Cl2F3N2O3S. The minimum atomic E-state index is -4.39. The fourth-order valence-electron chi connectivity index (χ4n) is 1.27. The number of amides is 1. The standard InChI is InChI=1S/C10H7Cl2F3N2O3S/c11-7-4-5(17(19)20)3-6(8(7)12)9(18)16-1-2-21-10(13,14)15/h3-4H,1-2H2,(H,16,18). The highest BCUT2D eigenvalue weighted by atomic mass is 35.5. The molecule has 0 aromatic heterocycles. The fourth-order valence-corrected chi connectivity index (χ4v) is 2.12. The van der Waals surface area contributed by atoms with E-state index >= 15 is 0 Å². The summed E-state index contributed by atoms with van der Waals surface area (Å²) in [5.74, 6) is -1.23. The number of hydrogen-bond donors (Lipinski definition) is 1. The van der Waals surface area contributed by atoms with E-state index in [9.17, 15) is 28.1 Å². The molecule has 11 heteroatoms. The lowest BCUT2D eigenvalue weighted by Gasteiger charge is -2.09. The summed E-state index contributed by atoms with van der Waals surface area (Å²) in [6.07, 6.45) is 0. The maximum absolute atomic E-state index is 11.9. The van der Waals surface area contributed by atoms with E-state index in [0.717, 1.165) is 12.1 Å². The summed E-state index contributed by atoms with van der Waals surface area (Å²) in [5, 5.41) is 12.4. The Labute approximate surface area is 130 Å². The number of nitro groups is 1. The van der Waals surface area contributed by atoms with E-state index in [1.54, 1.807) is 0 Å². The van der Waals surface area contributed by atoms with E-state index in [1.807, 2.05) is 0 Å². The molecule has 1 amide bonds. The Morgan fingerprint density at radius 1 is 1.38 bits per heavy atom. The van der Waals surface area contributed by atoms with Gasteiger partial charge in [-0.15, -0.1) is 0 Å². The quantitative estimate of drug-likeness (QED) is 0.490. The van der Waals surface area contributed by atoms with Crippen LogP contribution in [0.25, 0.3) is 0 Å². The zero-order valence-corrected chi connectivity index (χ0v) is 12.4. The molecule has 0 aliphatic rings. The summed E-state index contributed by atoms with van der Waals surface area (Å²) in [6.45, 7) is -0.278. The van der Waals surface area contributed by atoms with Gasteiger partial charge in [0.1, 0.15) is 0 Å². The monoisotopic (exact) mass is 362 g/mol. The smallest absolute Gasteiger partial charge is 0.351 e. The van der Waals surface area contributed by atoms with Gasteiger partial charge in [-0.25, -0.2) is 0 Å². The second kappa shape index (κ2) is 7.19. The van der Waals surface area contributed by atoms with Crippen LogP contribution in [-0.4, -0.2) is 28.6 Å². The summed E-state index contributed by atoms with van der Waals surface area (Å²) < 4.78 is 35.7. The van der Waals surface area contributed by atoms with Gasteiger partial charge in [-0.2, -0.15) is 13.2 Å². The molecule has 0 heterocycles. The van der Waals surface area contributed by atoms with Gasteiger partial charge in [0.2, 0.25) is 0 Å². The molecule has 0 atom stereocenters. The van der Waals surface area contributed by atoms with Gasteiger partial charge in [0.15, 0.2) is 0 Å². The third-order valence-electron chi connectivity index (χ3n) is 2.12. The number of halogens is 5. The first-order valence-corrected chi connectivity index (χ1v) is 6.98. The van der Waals surface area contributed by atoms with Crippen LogP contribution in [0.4, 0.5) is 18.9 Å². The summed E-state index contributed by atoms with van der Waals surface area (Å²) in [6, 6.07) is 1.88. The van der Waals surface area contributed by atoms with Gasteiger partial charge in [-0.3, -0.25) is 14.9 Å². The summed E-state index contributed by atoms with van der Waals surface area (Å²) >= 11 is 11.1. The summed E-state index contributed by atoms with van der Waals surface area (Å²) in [5.41, 5.74) is -5.11. The van der Waals surface area contributed by atoms with Crippen molar-refractivity contribution in [1.29, 1.82) is 0 Å². The molecule has 0 bridgehead atoms. The Balaban J connectivity index is 2.76. The highest BCUT2D eigenvalue weighted by Gasteiger charge is 2.27. The number of thioether (sulfide) groups is 1. The van der Waals surface area contributed by atoms with E-state index < -0.39 is 27.8 Å². The Morgan fingerprint density at radius 3 is 2.52 bits per heavy atom. The predicted molar refractivity (Wildman–Crippen MR) is 74.0 cm³/mol. The highest BCUT2D eigenvalue weighted by molar-refractivity contribution is 8.00. The Hall–Kier alpha value is -1.19. The Morgan fingerprint density at radius 2 is 2.00 bits per heavy atom. The lowest BCUT2D eigenvalue weighted by Crippen LogP contribution is -2.27. The molecule has 1 aromatic carbocycles. The molecule has 0 saturated heterocycles. The van der Waals surface area contributed by atoms with Crippen molar-refractivity contribution in [3.8, 4) is 0 Å². The molecule has 1 rings (SSSR count). The molecule has 0 aliphatic carbocycles. The van der Waals surface area contributed by atoms with Crippen LogP contribution in [0.3, 0.4) is 0 Å². The van der Waals surface area contributed by atoms with E-state index in [2.05, 4.69) is 5.32 Å². The zero-order chi connectivity index (χ0) is 16.2. The number of carbonyl (C=O) groups is 1. The number of nitrogens with zero attached hydrogens (tertiary/aromatic N) is 1. The molecule has 0 aliphatic heterocycles. The van der Waals surface area contributed by atoms with Gasteiger partial charge in [0, 0.05) is 24.4 Å². The van der Waals surface area contributed by atoms with Gasteiger partial charge in [-0.1, -0.05) is 23.2 Å². The largest absolute Gasteiger partial charge is 0.441 e. The highest BCUT2D eigenvalue weighted by Crippen LogP contribution is 2.31. The second-order valence-corrected chi connectivity index (χ2v) is 5.54. The Bertz CT molecular complexity index is 569. The van der Waals surface area contributed by atoms with Crippen molar-refractivity contribution in [2.24, 2.45) is 0 Å². The van der Waals surface area contributed by atoms with Crippen molar-refractivity contribution < 1.29 is 22.9 Å². The van der Waals surface area contributed by atoms with E-state index in [1.165, 1.54) is 0 Å². The first-order chi connectivity index (χ1) is 9.61. The minimum Gasteiger partial charge on any atom is -0.351 e. The van der Waals surface area contributed by atoms with E-state index in [4.69, 9.17) is 23.2 Å². The molecule has 1 N–H and O–H groups in total. The number of nitro benzene ring substituents is 1. The Kier molecular flexibility index (Phi) is 6.11. The third kappa shape index (κ3) is 5.60. The van der Waals surface area contributed by atoms with Crippen molar-refractivity contribution in [3.05, 3.63) is 37.9 Å². The predicted octanol–water partition coefficient (Wildman–Crippen LogP) is 3.88. The molecule has 1 aromatic rings. The number of nitrogens with one attached hydrogen (secondary N) is 1. The average molecular weight is 363 g/mol. The van der Waals surface area contributed by atoms with Crippen LogP contribution in [0.1, 0.15) is 10.4 Å². The molecule has 0 radical (unpaired) electrons. The molecule has 0 fully saturated rings. The average Bonchev–Trinajstić information content (AvgIpc) is 2.36. The van der Waals surface area contributed by atoms with Gasteiger partial charge in [-0.05, 0) is 11.8 Å². The van der Waals surface area contributed by atoms with Crippen LogP contribution in [0.15, 0.2) is 12.1 Å². The van der Waals surface area contributed by atoms with Crippen molar-refractivity contribution in [2.75, 3.05) is 12.3 Å². The lowest BCUT2D eigenvalue weighted by molar-refractivity contribution is -0.384. The second-order valence-electron chi connectivity index (χ2n) is 3.60. The number of rotatable bonds is 5. The van der Waals surface area contributed by atoms with Crippen molar-refractivity contribution in [1.82, 2.24) is 5.32 Å². The number of non-ortho nitro benzene ring substituents is 1. The first-order valence-electron chi connectivity index (χ1n) is 5.24. The molecule has 0 unspecified atom stereocenters. The van der Waals surface area contributed by atoms with Crippen molar-refractivity contribution >= 4 is 46.6 Å². The van der Waals surface area contributed by atoms with Gasteiger partial charge in [0.05, 0.1) is 20.5 Å². The van der Waals surface area contributed by atoms with Crippen LogP contribution in [0, 0.1) is 10.1 Å². The summed E-state index contributed by atoms with van der Waals surface area (Å²) in [4.78, 5) is 21.6. The maximum atomic E-state index is 11.9. The molecular weight excluding hydrogens is 356 g/mol. The van der Waals surface area contributed by atoms with Crippen LogP contribution in [-0.2, 0) is 0 Å². The number of alkyl halides is 3.